The van der Waals surface area contributed by atoms with Crippen molar-refractivity contribution in [1.82, 2.24) is 0 Å². The largest absolute Gasteiger partial charge is 0.480 e. The molecule has 1 N–H and O–H groups in total. The minimum atomic E-state index is -0.877. The monoisotopic (exact) mass is 106 g/mol. The van der Waals surface area contributed by atoms with Crippen molar-refractivity contribution in [3.63, 3.8) is 0 Å². The molecule has 0 radical (unpaired) electrons. The molecule has 0 aromatic carbocycles. The maximum absolute atomic E-state index is 9.62. The van der Waals surface area contributed by atoms with E-state index >= 15 is 0 Å². The Kier molecular flexibility index (Phi) is 2.01. The van der Waals surface area contributed by atoms with Crippen LogP contribution in [0.2, 0.25) is 0 Å². The van der Waals surface area contributed by atoms with Gasteiger partial charge < -0.3 is 5.11 Å². The number of aliphatic carboxylic acids is 1. The molecule has 0 saturated carbocycles. The summed E-state index contributed by atoms with van der Waals surface area (Å²) in [6.07, 6.45) is 0. The summed E-state index contributed by atoms with van der Waals surface area (Å²) in [7, 11) is 0. The number of hydrogen-bond donors (Lipinski definition) is 2. The number of carboxylic acid groups (broad SMARTS) is 1. The smallest absolute Gasteiger partial charge is 0.316 e. The molecule has 0 aromatic rings. The van der Waals surface area contributed by atoms with Crippen LogP contribution in [0, 0.1) is 0 Å². The Morgan fingerprint density at radius 1 is 2.00 bits per heavy atom. The Labute approximate surface area is 41.6 Å². The highest BCUT2D eigenvalue weighted by molar-refractivity contribution is 7.81. The highest BCUT2D eigenvalue weighted by Crippen LogP contribution is 1.88. The first-order valence-corrected chi connectivity index (χ1v) is 2.07. The van der Waals surface area contributed by atoms with Crippen LogP contribution in [0.25, 0.3) is 0 Å². The van der Waals surface area contributed by atoms with E-state index < -0.39 is 11.2 Å². The molecule has 3 heteroatoms. The van der Waals surface area contributed by atoms with E-state index in [1.807, 2.05) is 0 Å². The standard InChI is InChI=1S/C3H6O2S/c1-2(6)3(4)5/h2,6H,1H3,(H,4,5)/t2-/m0/s1. The van der Waals surface area contributed by atoms with Crippen molar-refractivity contribution < 1.29 is 9.90 Å². The van der Waals surface area contributed by atoms with Crippen LogP contribution in [0.3, 0.4) is 0 Å². The van der Waals surface area contributed by atoms with E-state index in [4.69, 9.17) is 5.11 Å². The Balaban J connectivity index is 3.26. The van der Waals surface area contributed by atoms with Gasteiger partial charge in [-0.3, -0.25) is 4.79 Å². The van der Waals surface area contributed by atoms with Crippen LogP contribution in [-0.2, 0) is 4.79 Å². The van der Waals surface area contributed by atoms with Gasteiger partial charge >= 0.3 is 5.97 Å². The van der Waals surface area contributed by atoms with Gasteiger partial charge in [0, 0.05) is 0 Å². The number of thiol groups is 1. The zero-order chi connectivity index (χ0) is 5.15. The summed E-state index contributed by atoms with van der Waals surface area (Å²) in [6.45, 7) is 1.51. The van der Waals surface area contributed by atoms with Gasteiger partial charge in [0.25, 0.3) is 0 Å². The fraction of sp³-hybridized carbons (Fsp3) is 0.667. The molecule has 0 heterocycles. The summed E-state index contributed by atoms with van der Waals surface area (Å²) in [4.78, 5) is 9.62. The minimum absolute atomic E-state index is 0.537. The van der Waals surface area contributed by atoms with Crippen molar-refractivity contribution in [2.75, 3.05) is 0 Å². The van der Waals surface area contributed by atoms with E-state index in [9.17, 15) is 4.79 Å². The lowest BCUT2D eigenvalue weighted by Crippen LogP contribution is -2.06. The van der Waals surface area contributed by atoms with Gasteiger partial charge in [-0.15, -0.1) is 0 Å². The molecule has 0 saturated heterocycles. The van der Waals surface area contributed by atoms with Gasteiger partial charge in [-0.1, -0.05) is 0 Å². The Morgan fingerprint density at radius 2 is 2.17 bits per heavy atom. The van der Waals surface area contributed by atoms with Crippen molar-refractivity contribution in [2.45, 2.75) is 12.2 Å². The van der Waals surface area contributed by atoms with Gasteiger partial charge in [-0.25, -0.2) is 0 Å². The highest BCUT2D eigenvalue weighted by Gasteiger charge is 2.00. The highest BCUT2D eigenvalue weighted by atomic mass is 32.1. The van der Waals surface area contributed by atoms with Gasteiger partial charge in [-0.05, 0) is 6.92 Å². The normalized spacial score (nSPS) is 13.7. The Hall–Kier alpha value is -0.180. The second kappa shape index (κ2) is 2.08. The summed E-state index contributed by atoms with van der Waals surface area (Å²) in [6, 6.07) is 0. The van der Waals surface area contributed by atoms with Crippen molar-refractivity contribution in [1.29, 1.82) is 0 Å². The molecule has 2 nitrogen and oxygen atoms in total. The number of carbonyl (C=O) groups is 1. The fourth-order valence-electron chi connectivity index (χ4n) is 0. The van der Waals surface area contributed by atoms with Crippen LogP contribution in [0.5, 0.6) is 0 Å². The third-order valence-electron chi connectivity index (χ3n) is 0.357. The molecule has 0 aromatic heterocycles. The molecule has 36 valence electrons. The van der Waals surface area contributed by atoms with Gasteiger partial charge in [0.2, 0.25) is 0 Å². The van der Waals surface area contributed by atoms with E-state index in [0.717, 1.165) is 0 Å². The topological polar surface area (TPSA) is 37.3 Å². The van der Waals surface area contributed by atoms with E-state index in [2.05, 4.69) is 12.6 Å². The summed E-state index contributed by atoms with van der Waals surface area (Å²) < 4.78 is 0. The van der Waals surface area contributed by atoms with Crippen molar-refractivity contribution >= 4 is 18.6 Å². The van der Waals surface area contributed by atoms with Crippen LogP contribution >= 0.6 is 12.6 Å². The first-order valence-electron chi connectivity index (χ1n) is 1.55. The summed E-state index contributed by atoms with van der Waals surface area (Å²) >= 11 is 3.59. The quantitative estimate of drug-likeness (QED) is 0.474. The van der Waals surface area contributed by atoms with Gasteiger partial charge in [0.1, 0.15) is 0 Å². The third-order valence-corrected chi connectivity index (χ3v) is 0.578. The predicted octanol–water partition coefficient (Wildman–Crippen LogP) is 0.389. The SMILES string of the molecule is C[C@H](S)C(=O)O. The maximum atomic E-state index is 9.62. The first-order chi connectivity index (χ1) is 2.64. The second-order valence-electron chi connectivity index (χ2n) is 1.01. The lowest BCUT2D eigenvalue weighted by atomic mass is 10.5. The predicted molar refractivity (Wildman–Crippen MR) is 26.1 cm³/mol. The molecule has 0 amide bonds. The van der Waals surface area contributed by atoms with E-state index in [1.165, 1.54) is 6.92 Å². The maximum Gasteiger partial charge on any atom is 0.316 e. The number of carboxylic acids is 1. The summed E-state index contributed by atoms with van der Waals surface area (Å²) in [5.74, 6) is -0.877. The lowest BCUT2D eigenvalue weighted by Gasteiger charge is -1.88. The molecular formula is C3H6O2S. The fourth-order valence-corrected chi connectivity index (χ4v) is 0. The molecule has 6 heavy (non-hydrogen) atoms. The number of rotatable bonds is 1. The van der Waals surface area contributed by atoms with Crippen LogP contribution in [0.1, 0.15) is 6.92 Å². The zero-order valence-corrected chi connectivity index (χ0v) is 4.27. The molecule has 0 bridgehead atoms. The molecule has 1 atom stereocenters. The molecule has 0 fully saturated rings. The lowest BCUT2D eigenvalue weighted by molar-refractivity contribution is -0.136. The van der Waals surface area contributed by atoms with Crippen LogP contribution in [0.15, 0.2) is 0 Å². The van der Waals surface area contributed by atoms with Gasteiger partial charge in [0.05, 0.1) is 5.25 Å². The minimum Gasteiger partial charge on any atom is -0.480 e. The zero-order valence-electron chi connectivity index (χ0n) is 3.38. The second-order valence-corrected chi connectivity index (χ2v) is 1.79. The van der Waals surface area contributed by atoms with Crippen molar-refractivity contribution in [3.05, 3.63) is 0 Å². The number of hydrogen-bond acceptors (Lipinski definition) is 2. The first kappa shape index (κ1) is 5.82. The van der Waals surface area contributed by atoms with Crippen LogP contribution in [0.4, 0.5) is 0 Å². The Bertz CT molecular complexity index is 59.8. The molecule has 0 aliphatic heterocycles. The van der Waals surface area contributed by atoms with Crippen molar-refractivity contribution in [3.8, 4) is 0 Å². The van der Waals surface area contributed by atoms with Crippen LogP contribution < -0.4 is 0 Å². The average Bonchev–Trinajstić information content (AvgIpc) is 1.36. The molecule has 0 aliphatic rings. The van der Waals surface area contributed by atoms with Gasteiger partial charge in [-0.2, -0.15) is 12.6 Å². The van der Waals surface area contributed by atoms with Crippen LogP contribution in [-0.4, -0.2) is 16.3 Å². The average molecular weight is 106 g/mol. The van der Waals surface area contributed by atoms with E-state index in [0.29, 0.717) is 0 Å². The van der Waals surface area contributed by atoms with E-state index in [1.54, 1.807) is 0 Å². The summed E-state index contributed by atoms with van der Waals surface area (Å²) in [5.41, 5.74) is 0. The molecule has 0 aliphatic carbocycles. The molecular weight excluding hydrogens is 100 g/mol. The van der Waals surface area contributed by atoms with Gasteiger partial charge in [0.15, 0.2) is 0 Å². The summed E-state index contributed by atoms with van der Waals surface area (Å²) in [5, 5.41) is 7.38. The molecule has 0 spiro atoms. The van der Waals surface area contributed by atoms with E-state index in [-0.39, 0.29) is 0 Å². The molecule has 0 rings (SSSR count). The van der Waals surface area contributed by atoms with Crippen molar-refractivity contribution in [2.24, 2.45) is 0 Å². The Morgan fingerprint density at radius 3 is 2.17 bits per heavy atom. The third kappa shape index (κ3) is 2.08. The molecule has 0 unspecified atom stereocenters.